The maximum Gasteiger partial charge on any atom is 0.306 e. The first-order valence-electron chi connectivity index (χ1n) is 28.4. The number of carbonyl (C=O) groups excluding carboxylic acids is 2. The van der Waals surface area contributed by atoms with Gasteiger partial charge in [0.25, 0.3) is 0 Å². The van der Waals surface area contributed by atoms with Crippen molar-refractivity contribution in [3.05, 3.63) is 48.6 Å². The molecule has 0 aromatic heterocycles. The lowest BCUT2D eigenvalue weighted by Crippen LogP contribution is -2.46. The highest BCUT2D eigenvalue weighted by Gasteiger charge is 2.23. The van der Waals surface area contributed by atoms with Crippen LogP contribution in [0.3, 0.4) is 0 Å². The molecule has 0 aromatic rings. The minimum atomic E-state index is -0.810. The summed E-state index contributed by atoms with van der Waals surface area (Å²) in [6.07, 6.45) is 64.8. The quantitative estimate of drug-likeness (QED) is 0.0321. The molecular formula is C59H109NO5. The predicted octanol–water partition coefficient (Wildman–Crippen LogP) is 17.4. The number of carbonyl (C=O) groups is 2. The normalized spacial score (nSPS) is 13.5. The molecule has 0 bridgehead atoms. The molecule has 0 saturated heterocycles. The zero-order valence-electron chi connectivity index (χ0n) is 43.4. The van der Waals surface area contributed by atoms with Crippen LogP contribution in [0.1, 0.15) is 290 Å². The molecule has 0 spiro atoms. The van der Waals surface area contributed by atoms with Crippen LogP contribution in [-0.2, 0) is 14.3 Å². The number of ether oxygens (including phenoxy) is 1. The van der Waals surface area contributed by atoms with Gasteiger partial charge in [-0.2, -0.15) is 0 Å². The van der Waals surface area contributed by atoms with E-state index in [1.165, 1.54) is 186 Å². The van der Waals surface area contributed by atoms with E-state index >= 15 is 0 Å². The van der Waals surface area contributed by atoms with Gasteiger partial charge in [-0.3, -0.25) is 9.59 Å². The average molecular weight is 913 g/mol. The van der Waals surface area contributed by atoms with Crippen LogP contribution in [0.5, 0.6) is 0 Å². The second-order valence-electron chi connectivity index (χ2n) is 19.4. The maximum atomic E-state index is 13.2. The summed E-state index contributed by atoms with van der Waals surface area (Å²) in [6, 6.07) is -0.729. The summed E-state index contributed by atoms with van der Waals surface area (Å²) in [5, 5.41) is 23.8. The van der Waals surface area contributed by atoms with Crippen molar-refractivity contribution in [3.8, 4) is 0 Å². The van der Waals surface area contributed by atoms with E-state index in [0.29, 0.717) is 19.3 Å². The molecule has 3 atom stereocenters. The minimum absolute atomic E-state index is 0.00486. The third kappa shape index (κ3) is 48.1. The molecule has 0 heterocycles. The predicted molar refractivity (Wildman–Crippen MR) is 282 cm³/mol. The smallest absolute Gasteiger partial charge is 0.306 e. The van der Waals surface area contributed by atoms with E-state index in [-0.39, 0.29) is 24.9 Å². The fraction of sp³-hybridized carbons (Fsp3) is 0.831. The lowest BCUT2D eigenvalue weighted by molar-refractivity contribution is -0.150. The second-order valence-corrected chi connectivity index (χ2v) is 19.4. The molecule has 0 aliphatic heterocycles. The topological polar surface area (TPSA) is 95.9 Å². The number of hydrogen-bond donors (Lipinski definition) is 3. The van der Waals surface area contributed by atoms with Crippen molar-refractivity contribution in [1.82, 2.24) is 5.32 Å². The van der Waals surface area contributed by atoms with Gasteiger partial charge in [-0.1, -0.05) is 275 Å². The van der Waals surface area contributed by atoms with Crippen LogP contribution in [-0.4, -0.2) is 46.9 Å². The number of aliphatic hydroxyl groups is 2. The number of aliphatic hydroxyl groups excluding tert-OH is 2. The summed E-state index contributed by atoms with van der Waals surface area (Å²) in [7, 11) is 0. The summed E-state index contributed by atoms with van der Waals surface area (Å²) < 4.78 is 5.89. The van der Waals surface area contributed by atoms with Crippen LogP contribution in [0.15, 0.2) is 48.6 Å². The average Bonchev–Trinajstić information content (AvgIpc) is 3.30. The molecule has 6 nitrogen and oxygen atoms in total. The van der Waals surface area contributed by atoms with Crippen molar-refractivity contribution in [3.63, 3.8) is 0 Å². The number of esters is 1. The summed E-state index contributed by atoms with van der Waals surface area (Å²) in [5.41, 5.74) is 0. The Labute approximate surface area is 404 Å². The summed E-state index contributed by atoms with van der Waals surface area (Å²) in [5.74, 6) is -0.563. The van der Waals surface area contributed by atoms with Gasteiger partial charge < -0.3 is 20.3 Å². The molecule has 0 aliphatic carbocycles. The number of rotatable bonds is 51. The lowest BCUT2D eigenvalue weighted by Gasteiger charge is -2.24. The van der Waals surface area contributed by atoms with Crippen LogP contribution >= 0.6 is 0 Å². The molecular weight excluding hydrogens is 803 g/mol. The molecule has 1 amide bonds. The monoisotopic (exact) mass is 912 g/mol. The van der Waals surface area contributed by atoms with Gasteiger partial charge >= 0.3 is 5.97 Å². The third-order valence-electron chi connectivity index (χ3n) is 12.9. The first-order valence-corrected chi connectivity index (χ1v) is 28.4. The van der Waals surface area contributed by atoms with Gasteiger partial charge in [0.05, 0.1) is 25.2 Å². The van der Waals surface area contributed by atoms with E-state index in [4.69, 9.17) is 4.74 Å². The van der Waals surface area contributed by atoms with E-state index in [1.807, 2.05) is 6.08 Å². The van der Waals surface area contributed by atoms with Crippen LogP contribution < -0.4 is 5.32 Å². The molecule has 0 aliphatic rings. The maximum absolute atomic E-state index is 13.2. The van der Waals surface area contributed by atoms with E-state index in [1.54, 1.807) is 0 Å². The standard InChI is InChI=1S/C59H109NO5/c1-4-7-10-13-16-19-22-25-28-31-34-37-40-43-46-49-52-59(64)65-55(50-47-44-41-38-35-32-29-26-23-20-17-14-11-8-5-2)53-58(63)60-56(54-61)57(62)51-48-45-42-39-36-33-30-27-24-21-18-15-12-9-6-3/h17,20,26,29,35,38,44,47,55-57,61-62H,4-16,18-19,21-25,27-28,30-34,36-37,39-43,45-46,48-54H2,1-3H3,(H,60,63)/b20-17-,29-26-,38-35-,47-44-. The van der Waals surface area contributed by atoms with E-state index in [0.717, 1.165) is 57.8 Å². The highest BCUT2D eigenvalue weighted by molar-refractivity contribution is 5.77. The second kappa shape index (κ2) is 52.8. The van der Waals surface area contributed by atoms with Gasteiger partial charge in [0.15, 0.2) is 0 Å². The van der Waals surface area contributed by atoms with Crippen molar-refractivity contribution in [2.75, 3.05) is 6.61 Å². The fourth-order valence-electron chi connectivity index (χ4n) is 8.59. The van der Waals surface area contributed by atoms with Gasteiger partial charge in [-0.15, -0.1) is 0 Å². The van der Waals surface area contributed by atoms with Gasteiger partial charge in [-0.05, 0) is 44.9 Å². The Kier molecular flexibility index (Phi) is 51.0. The molecule has 0 saturated carbocycles. The molecule has 65 heavy (non-hydrogen) atoms. The largest absolute Gasteiger partial charge is 0.461 e. The zero-order valence-corrected chi connectivity index (χ0v) is 43.4. The van der Waals surface area contributed by atoms with Crippen LogP contribution in [0, 0.1) is 0 Å². The lowest BCUT2D eigenvalue weighted by atomic mass is 10.0. The SMILES string of the molecule is CCCCC/C=C\C/C=C\C/C=C\C/C=C\CC(CC(=O)NC(CO)C(O)CCCCCCCCCCCCCCCCC)OC(=O)CCCCCCCCCCCCCCCCCC. The summed E-state index contributed by atoms with van der Waals surface area (Å²) >= 11 is 0. The number of unbranched alkanes of at least 4 members (excludes halogenated alkanes) is 32. The number of nitrogens with one attached hydrogen (secondary N) is 1. The first-order chi connectivity index (χ1) is 32.0. The van der Waals surface area contributed by atoms with Crippen LogP contribution in [0.25, 0.3) is 0 Å². The van der Waals surface area contributed by atoms with Crippen LogP contribution in [0.4, 0.5) is 0 Å². The summed E-state index contributed by atoms with van der Waals surface area (Å²) in [6.45, 7) is 6.46. The number of allylic oxidation sites excluding steroid dienone is 7. The Bertz CT molecular complexity index is 1110. The Balaban J connectivity index is 4.64. The molecule has 6 heteroatoms. The zero-order chi connectivity index (χ0) is 47.4. The van der Waals surface area contributed by atoms with Crippen molar-refractivity contribution in [1.29, 1.82) is 0 Å². The van der Waals surface area contributed by atoms with Gasteiger partial charge in [0, 0.05) is 12.8 Å². The molecule has 0 aromatic carbocycles. The van der Waals surface area contributed by atoms with Gasteiger partial charge in [0.2, 0.25) is 5.91 Å². The Hall–Kier alpha value is -2.18. The molecule has 0 fully saturated rings. The Morgan fingerprint density at radius 3 is 1.23 bits per heavy atom. The fourth-order valence-corrected chi connectivity index (χ4v) is 8.59. The molecule has 3 N–H and O–H groups in total. The van der Waals surface area contributed by atoms with Crippen molar-refractivity contribution >= 4 is 11.9 Å². The van der Waals surface area contributed by atoms with Gasteiger partial charge in [0.1, 0.15) is 6.10 Å². The number of hydrogen-bond acceptors (Lipinski definition) is 5. The van der Waals surface area contributed by atoms with Crippen molar-refractivity contribution in [2.45, 2.75) is 309 Å². The number of amides is 1. The van der Waals surface area contributed by atoms with Gasteiger partial charge in [-0.25, -0.2) is 0 Å². The highest BCUT2D eigenvalue weighted by atomic mass is 16.5. The van der Waals surface area contributed by atoms with Crippen molar-refractivity contribution < 1.29 is 24.5 Å². The Morgan fingerprint density at radius 2 is 0.815 bits per heavy atom. The molecule has 0 rings (SSSR count). The van der Waals surface area contributed by atoms with E-state index < -0.39 is 18.2 Å². The first kappa shape index (κ1) is 62.8. The van der Waals surface area contributed by atoms with Crippen LogP contribution in [0.2, 0.25) is 0 Å². The molecule has 0 radical (unpaired) electrons. The van der Waals surface area contributed by atoms with E-state index in [9.17, 15) is 19.8 Å². The summed E-state index contributed by atoms with van der Waals surface area (Å²) in [4.78, 5) is 26.2. The van der Waals surface area contributed by atoms with Crippen molar-refractivity contribution in [2.24, 2.45) is 0 Å². The molecule has 3 unspecified atom stereocenters. The third-order valence-corrected chi connectivity index (χ3v) is 12.9. The van der Waals surface area contributed by atoms with E-state index in [2.05, 4.69) is 68.6 Å². The Morgan fingerprint density at radius 1 is 0.462 bits per heavy atom. The minimum Gasteiger partial charge on any atom is -0.461 e. The molecule has 380 valence electrons. The highest BCUT2D eigenvalue weighted by Crippen LogP contribution is 2.17.